The zero-order valence-electron chi connectivity index (χ0n) is 11.7. The van der Waals surface area contributed by atoms with Gasteiger partial charge in [-0.3, -0.25) is 4.90 Å². The Labute approximate surface area is 116 Å². The minimum Gasteiger partial charge on any atom is -0.329 e. The number of nitrogens with two attached hydrogens (primary N) is 1. The van der Waals surface area contributed by atoms with E-state index >= 15 is 0 Å². The highest BCUT2D eigenvalue weighted by Crippen LogP contribution is 2.36. The van der Waals surface area contributed by atoms with Gasteiger partial charge >= 0.3 is 6.18 Å². The molecule has 114 valence electrons. The zero-order chi connectivity index (χ0) is 15.3. The molecule has 0 fully saturated rings. The number of benzene rings is 1. The van der Waals surface area contributed by atoms with Crippen LogP contribution in [0.4, 0.5) is 17.6 Å². The maximum atomic E-state index is 13.1. The molecule has 0 aliphatic rings. The molecule has 0 aromatic heterocycles. The van der Waals surface area contributed by atoms with Gasteiger partial charge in [0.05, 0.1) is 5.56 Å². The average molecular weight is 292 g/mol. The molecule has 0 saturated carbocycles. The molecule has 1 aromatic rings. The largest absolute Gasteiger partial charge is 0.416 e. The zero-order valence-corrected chi connectivity index (χ0v) is 11.7. The fourth-order valence-electron chi connectivity index (χ4n) is 2.17. The lowest BCUT2D eigenvalue weighted by Crippen LogP contribution is -2.33. The summed E-state index contributed by atoms with van der Waals surface area (Å²) in [7, 11) is 1.73. The van der Waals surface area contributed by atoms with E-state index in [0.29, 0.717) is 12.6 Å². The Balaban J connectivity index is 3.15. The second-order valence-corrected chi connectivity index (χ2v) is 4.81. The van der Waals surface area contributed by atoms with E-state index in [2.05, 4.69) is 0 Å². The number of likely N-dealkylation sites (N-methyl/N-ethyl adjacent to an activating group) is 1. The summed E-state index contributed by atoms with van der Waals surface area (Å²) in [6.07, 6.45) is -2.77. The smallest absolute Gasteiger partial charge is 0.329 e. The SMILES string of the molecule is CCCCN(C)C(CN)c1ccc(F)cc1C(F)(F)F. The Hall–Kier alpha value is -1.14. The number of unbranched alkanes of at least 4 members (excludes halogenated alkanes) is 1. The van der Waals surface area contributed by atoms with Crippen LogP contribution in [-0.4, -0.2) is 25.0 Å². The average Bonchev–Trinajstić information content (AvgIpc) is 2.37. The minimum atomic E-state index is -4.59. The predicted molar refractivity (Wildman–Crippen MR) is 70.7 cm³/mol. The fourth-order valence-corrected chi connectivity index (χ4v) is 2.17. The number of nitrogens with zero attached hydrogens (tertiary/aromatic N) is 1. The van der Waals surface area contributed by atoms with Crippen molar-refractivity contribution in [3.63, 3.8) is 0 Å². The monoisotopic (exact) mass is 292 g/mol. The molecule has 1 unspecified atom stereocenters. The first kappa shape index (κ1) is 16.9. The van der Waals surface area contributed by atoms with E-state index in [0.717, 1.165) is 18.9 Å². The standard InChI is InChI=1S/C14H20F4N2/c1-3-4-7-20(2)13(9-19)11-6-5-10(15)8-12(11)14(16,17)18/h5-6,8,13H,3-4,7,9,19H2,1-2H3. The highest BCUT2D eigenvalue weighted by Gasteiger charge is 2.36. The van der Waals surface area contributed by atoms with Gasteiger partial charge in [0, 0.05) is 12.6 Å². The van der Waals surface area contributed by atoms with Gasteiger partial charge in [-0.1, -0.05) is 19.4 Å². The highest BCUT2D eigenvalue weighted by molar-refractivity contribution is 5.33. The molecule has 20 heavy (non-hydrogen) atoms. The Morgan fingerprint density at radius 2 is 1.95 bits per heavy atom. The molecule has 0 heterocycles. The van der Waals surface area contributed by atoms with Gasteiger partial charge in [-0.05, 0) is 37.7 Å². The molecule has 0 bridgehead atoms. The van der Waals surface area contributed by atoms with Gasteiger partial charge in [0.25, 0.3) is 0 Å². The van der Waals surface area contributed by atoms with Crippen molar-refractivity contribution in [2.24, 2.45) is 5.73 Å². The van der Waals surface area contributed by atoms with Gasteiger partial charge in [-0.25, -0.2) is 4.39 Å². The molecule has 0 amide bonds. The van der Waals surface area contributed by atoms with E-state index in [1.54, 1.807) is 11.9 Å². The molecule has 1 aromatic carbocycles. The lowest BCUT2D eigenvalue weighted by atomic mass is 9.98. The number of halogens is 4. The van der Waals surface area contributed by atoms with Gasteiger partial charge < -0.3 is 5.73 Å². The third-order valence-electron chi connectivity index (χ3n) is 3.30. The first-order valence-electron chi connectivity index (χ1n) is 6.58. The van der Waals surface area contributed by atoms with E-state index in [9.17, 15) is 17.6 Å². The molecule has 1 atom stereocenters. The summed E-state index contributed by atoms with van der Waals surface area (Å²) in [6, 6.07) is 2.18. The second-order valence-electron chi connectivity index (χ2n) is 4.81. The van der Waals surface area contributed by atoms with Crippen molar-refractivity contribution in [3.8, 4) is 0 Å². The summed E-state index contributed by atoms with van der Waals surface area (Å²) >= 11 is 0. The van der Waals surface area contributed by atoms with Crippen molar-refractivity contribution in [3.05, 3.63) is 35.1 Å². The normalized spacial score (nSPS) is 13.8. The molecule has 0 saturated heterocycles. The van der Waals surface area contributed by atoms with Crippen LogP contribution in [0.5, 0.6) is 0 Å². The van der Waals surface area contributed by atoms with Gasteiger partial charge in [0.1, 0.15) is 5.82 Å². The highest BCUT2D eigenvalue weighted by atomic mass is 19.4. The van der Waals surface area contributed by atoms with Crippen molar-refractivity contribution in [1.29, 1.82) is 0 Å². The van der Waals surface area contributed by atoms with Crippen LogP contribution in [-0.2, 0) is 6.18 Å². The van der Waals surface area contributed by atoms with Gasteiger partial charge in [-0.2, -0.15) is 13.2 Å². The molecular weight excluding hydrogens is 272 g/mol. The van der Waals surface area contributed by atoms with E-state index in [1.165, 1.54) is 6.07 Å². The van der Waals surface area contributed by atoms with Crippen molar-refractivity contribution in [2.75, 3.05) is 20.1 Å². The Morgan fingerprint density at radius 1 is 1.30 bits per heavy atom. The van der Waals surface area contributed by atoms with Crippen LogP contribution in [0.2, 0.25) is 0 Å². The van der Waals surface area contributed by atoms with Crippen molar-refractivity contribution < 1.29 is 17.6 Å². The van der Waals surface area contributed by atoms with Crippen LogP contribution >= 0.6 is 0 Å². The molecule has 2 N–H and O–H groups in total. The number of rotatable bonds is 6. The molecule has 0 aliphatic carbocycles. The number of hydrogen-bond acceptors (Lipinski definition) is 2. The van der Waals surface area contributed by atoms with E-state index in [-0.39, 0.29) is 12.1 Å². The molecule has 0 radical (unpaired) electrons. The molecule has 1 rings (SSSR count). The first-order valence-corrected chi connectivity index (χ1v) is 6.58. The summed E-state index contributed by atoms with van der Waals surface area (Å²) in [5.41, 5.74) is 4.70. The lowest BCUT2D eigenvalue weighted by molar-refractivity contribution is -0.138. The predicted octanol–water partition coefficient (Wildman–Crippen LogP) is 3.58. The molecule has 0 spiro atoms. The Kier molecular flexibility index (Phi) is 5.95. The lowest BCUT2D eigenvalue weighted by Gasteiger charge is -2.29. The van der Waals surface area contributed by atoms with Crippen LogP contribution in [0, 0.1) is 5.82 Å². The molecular formula is C14H20F4N2. The van der Waals surface area contributed by atoms with E-state index in [1.807, 2.05) is 6.92 Å². The van der Waals surface area contributed by atoms with E-state index in [4.69, 9.17) is 5.73 Å². The van der Waals surface area contributed by atoms with Gasteiger partial charge in [-0.15, -0.1) is 0 Å². The topological polar surface area (TPSA) is 29.3 Å². The Morgan fingerprint density at radius 3 is 2.45 bits per heavy atom. The fraction of sp³-hybridized carbons (Fsp3) is 0.571. The van der Waals surface area contributed by atoms with Crippen LogP contribution in [0.3, 0.4) is 0 Å². The van der Waals surface area contributed by atoms with Crippen LogP contribution < -0.4 is 5.73 Å². The minimum absolute atomic E-state index is 0.0278. The third kappa shape index (κ3) is 4.18. The van der Waals surface area contributed by atoms with Crippen molar-refractivity contribution >= 4 is 0 Å². The Bertz CT molecular complexity index is 432. The summed E-state index contributed by atoms with van der Waals surface area (Å²) in [5, 5.41) is 0. The third-order valence-corrected chi connectivity index (χ3v) is 3.30. The van der Waals surface area contributed by atoms with Crippen LogP contribution in [0.15, 0.2) is 18.2 Å². The van der Waals surface area contributed by atoms with Gasteiger partial charge in [0.15, 0.2) is 0 Å². The number of alkyl halides is 3. The summed E-state index contributed by atoms with van der Waals surface area (Å²) in [4.78, 5) is 1.78. The van der Waals surface area contributed by atoms with E-state index < -0.39 is 23.6 Å². The van der Waals surface area contributed by atoms with Gasteiger partial charge in [0.2, 0.25) is 0 Å². The summed E-state index contributed by atoms with van der Waals surface area (Å²) in [6.45, 7) is 2.70. The molecule has 0 aliphatic heterocycles. The maximum Gasteiger partial charge on any atom is 0.416 e. The first-order chi connectivity index (χ1) is 9.31. The van der Waals surface area contributed by atoms with Crippen LogP contribution in [0.25, 0.3) is 0 Å². The summed E-state index contributed by atoms with van der Waals surface area (Å²) in [5.74, 6) is -0.895. The quantitative estimate of drug-likeness (QED) is 0.812. The van der Waals surface area contributed by atoms with Crippen molar-refractivity contribution in [1.82, 2.24) is 4.90 Å². The molecule has 6 heteroatoms. The van der Waals surface area contributed by atoms with Crippen molar-refractivity contribution in [2.45, 2.75) is 32.0 Å². The molecule has 2 nitrogen and oxygen atoms in total. The van der Waals surface area contributed by atoms with Crippen LogP contribution in [0.1, 0.15) is 36.9 Å². The second kappa shape index (κ2) is 7.04. The summed E-state index contributed by atoms with van der Waals surface area (Å²) < 4.78 is 52.1. The number of hydrogen-bond donors (Lipinski definition) is 1. The maximum absolute atomic E-state index is 13.1.